The quantitative estimate of drug-likeness (QED) is 0.166. The van der Waals surface area contributed by atoms with Gasteiger partial charge < -0.3 is 9.32 Å². The molecule has 0 saturated heterocycles. The number of nitrogens with zero attached hydrogens (tertiary/aromatic N) is 1. The van der Waals surface area contributed by atoms with Crippen LogP contribution in [-0.4, -0.2) is 0 Å². The van der Waals surface area contributed by atoms with Crippen LogP contribution in [0, 0.1) is 0 Å². The minimum atomic E-state index is 0.881. The van der Waals surface area contributed by atoms with Crippen LogP contribution in [0.1, 0.15) is 0 Å². The topological polar surface area (TPSA) is 16.4 Å². The van der Waals surface area contributed by atoms with E-state index >= 15 is 0 Å². The molecule has 0 aliphatic rings. The highest BCUT2D eigenvalue weighted by atomic mass is 16.3. The smallest absolute Gasteiger partial charge is 0.143 e. The van der Waals surface area contributed by atoms with Crippen LogP contribution in [0.2, 0.25) is 0 Å². The zero-order valence-corrected chi connectivity index (χ0v) is 29.6. The van der Waals surface area contributed by atoms with Crippen molar-refractivity contribution in [2.45, 2.75) is 0 Å². The maximum atomic E-state index is 6.76. The molecule has 0 aliphatic carbocycles. The van der Waals surface area contributed by atoms with E-state index in [9.17, 15) is 0 Å². The van der Waals surface area contributed by atoms with E-state index in [0.717, 1.165) is 72.0 Å². The van der Waals surface area contributed by atoms with Crippen LogP contribution in [0.3, 0.4) is 0 Å². The second-order valence-electron chi connectivity index (χ2n) is 13.7. The first-order valence-electron chi connectivity index (χ1n) is 18.4. The summed E-state index contributed by atoms with van der Waals surface area (Å²) in [4.78, 5) is 2.43. The fraction of sp³-hybridized carbons (Fsp3) is 0. The van der Waals surface area contributed by atoms with Gasteiger partial charge in [-0.25, -0.2) is 0 Å². The standard InChI is InChI=1S/C52H35NO/c1-4-15-36(16-5-1)38-27-29-41(30-28-38)43-21-12-13-25-48(43)53(42-33-31-39(32-34-42)37-17-6-2-7-18-37)49-35-47-51-44(40-19-8-3-9-20-40)24-14-26-50(51)54-52(47)46-23-11-10-22-45(46)49/h1-35H. The van der Waals surface area contributed by atoms with Crippen LogP contribution in [-0.2, 0) is 0 Å². The summed E-state index contributed by atoms with van der Waals surface area (Å²) in [5, 5.41) is 4.41. The molecule has 10 rings (SSSR count). The van der Waals surface area contributed by atoms with Crippen molar-refractivity contribution >= 4 is 49.8 Å². The van der Waals surface area contributed by atoms with Crippen LogP contribution >= 0.6 is 0 Å². The molecule has 2 nitrogen and oxygen atoms in total. The Morgan fingerprint density at radius 1 is 0.315 bits per heavy atom. The number of benzene rings is 9. The molecule has 9 aromatic carbocycles. The van der Waals surface area contributed by atoms with Crippen LogP contribution in [0.5, 0.6) is 0 Å². The summed E-state index contributed by atoms with van der Waals surface area (Å²) in [6.07, 6.45) is 0. The lowest BCUT2D eigenvalue weighted by atomic mass is 9.95. The van der Waals surface area contributed by atoms with E-state index in [-0.39, 0.29) is 0 Å². The molecular weight excluding hydrogens is 655 g/mol. The van der Waals surface area contributed by atoms with Crippen molar-refractivity contribution < 1.29 is 4.42 Å². The van der Waals surface area contributed by atoms with Gasteiger partial charge in [-0.2, -0.15) is 0 Å². The largest absolute Gasteiger partial charge is 0.455 e. The van der Waals surface area contributed by atoms with Crippen molar-refractivity contribution in [1.29, 1.82) is 0 Å². The van der Waals surface area contributed by atoms with Gasteiger partial charge in [0.05, 0.1) is 11.4 Å². The summed E-state index contributed by atoms with van der Waals surface area (Å²) in [6.45, 7) is 0. The van der Waals surface area contributed by atoms with Gasteiger partial charge in [-0.3, -0.25) is 0 Å². The van der Waals surface area contributed by atoms with E-state index in [2.05, 4.69) is 217 Å². The molecular formula is C52H35NO. The fourth-order valence-electron chi connectivity index (χ4n) is 7.90. The molecule has 0 bridgehead atoms. The number of hydrogen-bond acceptors (Lipinski definition) is 2. The molecule has 0 atom stereocenters. The summed E-state index contributed by atoms with van der Waals surface area (Å²) in [5.74, 6) is 0. The van der Waals surface area contributed by atoms with Gasteiger partial charge in [-0.1, -0.05) is 182 Å². The van der Waals surface area contributed by atoms with Gasteiger partial charge in [0.1, 0.15) is 11.2 Å². The molecule has 1 heterocycles. The summed E-state index contributed by atoms with van der Waals surface area (Å²) in [6, 6.07) is 75.8. The predicted octanol–water partition coefficient (Wildman–Crippen LogP) is 14.9. The molecule has 0 radical (unpaired) electrons. The highest BCUT2D eigenvalue weighted by Crippen LogP contribution is 2.48. The molecule has 10 aromatic rings. The first-order valence-corrected chi connectivity index (χ1v) is 18.4. The van der Waals surface area contributed by atoms with E-state index in [0.29, 0.717) is 0 Å². The first kappa shape index (κ1) is 31.6. The minimum Gasteiger partial charge on any atom is -0.455 e. The van der Waals surface area contributed by atoms with Gasteiger partial charge >= 0.3 is 0 Å². The van der Waals surface area contributed by atoms with E-state index in [1.807, 2.05) is 0 Å². The number of para-hydroxylation sites is 1. The number of fused-ring (bicyclic) bond motifs is 5. The average molecular weight is 690 g/mol. The normalized spacial score (nSPS) is 11.3. The van der Waals surface area contributed by atoms with Crippen LogP contribution < -0.4 is 4.90 Å². The van der Waals surface area contributed by atoms with Gasteiger partial charge in [0, 0.05) is 32.8 Å². The van der Waals surface area contributed by atoms with Crippen molar-refractivity contribution in [3.8, 4) is 44.5 Å². The van der Waals surface area contributed by atoms with E-state index < -0.39 is 0 Å². The van der Waals surface area contributed by atoms with E-state index in [1.165, 1.54) is 22.3 Å². The van der Waals surface area contributed by atoms with E-state index in [4.69, 9.17) is 4.42 Å². The highest BCUT2D eigenvalue weighted by molar-refractivity contribution is 6.22. The Morgan fingerprint density at radius 3 is 1.46 bits per heavy atom. The van der Waals surface area contributed by atoms with Crippen molar-refractivity contribution in [3.05, 3.63) is 212 Å². The molecule has 0 amide bonds. The predicted molar refractivity (Wildman–Crippen MR) is 228 cm³/mol. The summed E-state index contributed by atoms with van der Waals surface area (Å²) in [5.41, 5.74) is 14.4. The molecule has 0 spiro atoms. The maximum absolute atomic E-state index is 6.76. The number of hydrogen-bond donors (Lipinski definition) is 0. The molecule has 0 saturated carbocycles. The zero-order valence-electron chi connectivity index (χ0n) is 29.6. The third-order valence-corrected chi connectivity index (χ3v) is 10.5. The Morgan fingerprint density at radius 2 is 0.796 bits per heavy atom. The Kier molecular flexibility index (Phi) is 7.85. The molecule has 254 valence electrons. The minimum absolute atomic E-state index is 0.881. The van der Waals surface area contributed by atoms with Crippen molar-refractivity contribution in [2.75, 3.05) is 4.90 Å². The lowest BCUT2D eigenvalue weighted by Gasteiger charge is -2.29. The number of furan rings is 1. The Bertz CT molecular complexity index is 2890. The van der Waals surface area contributed by atoms with Gasteiger partial charge in [0.25, 0.3) is 0 Å². The van der Waals surface area contributed by atoms with Gasteiger partial charge in [0.2, 0.25) is 0 Å². The highest BCUT2D eigenvalue weighted by Gasteiger charge is 2.23. The third kappa shape index (κ3) is 5.53. The van der Waals surface area contributed by atoms with Crippen LogP contribution in [0.4, 0.5) is 17.1 Å². The molecule has 1 aromatic heterocycles. The summed E-state index contributed by atoms with van der Waals surface area (Å²) < 4.78 is 6.76. The Hall–Kier alpha value is -7.16. The molecule has 0 fully saturated rings. The van der Waals surface area contributed by atoms with Gasteiger partial charge in [-0.15, -0.1) is 0 Å². The lowest BCUT2D eigenvalue weighted by Crippen LogP contribution is -2.12. The zero-order chi connectivity index (χ0) is 35.8. The van der Waals surface area contributed by atoms with Crippen molar-refractivity contribution in [3.63, 3.8) is 0 Å². The molecule has 0 N–H and O–H groups in total. The van der Waals surface area contributed by atoms with Crippen molar-refractivity contribution in [2.24, 2.45) is 0 Å². The second kappa shape index (κ2) is 13.4. The SMILES string of the molecule is c1ccc(-c2ccc(-c3ccccc3N(c3ccc(-c4ccccc4)cc3)c3cc4c(oc5cccc(-c6ccccc6)c54)c4ccccc34)cc2)cc1. The van der Waals surface area contributed by atoms with Crippen molar-refractivity contribution in [1.82, 2.24) is 0 Å². The Labute approximate surface area is 314 Å². The number of rotatable bonds is 7. The summed E-state index contributed by atoms with van der Waals surface area (Å²) >= 11 is 0. The fourth-order valence-corrected chi connectivity index (χ4v) is 7.90. The van der Waals surface area contributed by atoms with E-state index in [1.54, 1.807) is 0 Å². The Balaban J connectivity index is 1.23. The monoisotopic (exact) mass is 689 g/mol. The summed E-state index contributed by atoms with van der Waals surface area (Å²) in [7, 11) is 0. The maximum Gasteiger partial charge on any atom is 0.143 e. The van der Waals surface area contributed by atoms with Gasteiger partial charge in [0.15, 0.2) is 0 Å². The first-order chi connectivity index (χ1) is 26.8. The second-order valence-corrected chi connectivity index (χ2v) is 13.7. The average Bonchev–Trinajstić information content (AvgIpc) is 3.64. The molecule has 54 heavy (non-hydrogen) atoms. The molecule has 0 unspecified atom stereocenters. The molecule has 2 heteroatoms. The van der Waals surface area contributed by atoms with Gasteiger partial charge in [-0.05, 0) is 69.3 Å². The molecule has 0 aliphatic heterocycles. The lowest BCUT2D eigenvalue weighted by molar-refractivity contribution is 0.673. The number of anilines is 3. The third-order valence-electron chi connectivity index (χ3n) is 10.5. The van der Waals surface area contributed by atoms with Crippen LogP contribution in [0.25, 0.3) is 77.2 Å². The van der Waals surface area contributed by atoms with Crippen LogP contribution in [0.15, 0.2) is 217 Å².